The maximum atomic E-state index is 3.54. The largest absolute Gasteiger partial charge is 0.372 e. The number of hydrogen-bond donors (Lipinski definition) is 1. The summed E-state index contributed by atoms with van der Waals surface area (Å²) in [5.41, 5.74) is 2.68. The molecule has 1 aliphatic rings. The molecule has 106 valence electrons. The van der Waals surface area contributed by atoms with E-state index in [1.54, 1.807) is 0 Å². The van der Waals surface area contributed by atoms with Crippen LogP contribution in [-0.4, -0.2) is 38.8 Å². The van der Waals surface area contributed by atoms with Gasteiger partial charge in [0.05, 0.1) is 0 Å². The van der Waals surface area contributed by atoms with Crippen molar-refractivity contribution in [2.45, 2.75) is 33.2 Å². The summed E-state index contributed by atoms with van der Waals surface area (Å²) in [4.78, 5) is 4.87. The highest BCUT2D eigenvalue weighted by molar-refractivity contribution is 5.56. The Bertz CT molecular complexity index is 370. The summed E-state index contributed by atoms with van der Waals surface area (Å²) in [5.74, 6) is 0. The van der Waals surface area contributed by atoms with Gasteiger partial charge in [-0.05, 0) is 51.5 Å². The third-order valence-corrected chi connectivity index (χ3v) is 4.05. The first-order valence-corrected chi connectivity index (χ1v) is 7.58. The molecule has 1 unspecified atom stereocenters. The Morgan fingerprint density at radius 2 is 1.84 bits per heavy atom. The monoisotopic (exact) mass is 261 g/mol. The number of rotatable bonds is 4. The summed E-state index contributed by atoms with van der Waals surface area (Å²) in [6, 6.07) is 9.68. The second kappa shape index (κ2) is 6.80. The molecule has 3 heteroatoms. The van der Waals surface area contributed by atoms with Crippen molar-refractivity contribution in [2.75, 3.05) is 42.5 Å². The fraction of sp³-hybridized carbons (Fsp3) is 0.625. The molecule has 0 saturated carbocycles. The fourth-order valence-electron chi connectivity index (χ4n) is 2.73. The molecule has 1 aromatic rings. The molecule has 0 aromatic heterocycles. The van der Waals surface area contributed by atoms with Crippen molar-refractivity contribution >= 4 is 11.4 Å². The van der Waals surface area contributed by atoms with Gasteiger partial charge in [-0.25, -0.2) is 0 Å². The molecular weight excluding hydrogens is 234 g/mol. The van der Waals surface area contributed by atoms with Crippen molar-refractivity contribution in [3.05, 3.63) is 24.3 Å². The van der Waals surface area contributed by atoms with Crippen LogP contribution in [0.4, 0.5) is 11.4 Å². The van der Waals surface area contributed by atoms with Crippen LogP contribution in [0.2, 0.25) is 0 Å². The van der Waals surface area contributed by atoms with Crippen molar-refractivity contribution in [1.82, 2.24) is 5.32 Å². The molecule has 0 spiro atoms. The Balaban J connectivity index is 2.05. The van der Waals surface area contributed by atoms with Crippen LogP contribution < -0.4 is 15.1 Å². The molecule has 0 bridgehead atoms. The lowest BCUT2D eigenvalue weighted by atomic mass is 10.2. The van der Waals surface area contributed by atoms with Gasteiger partial charge in [-0.1, -0.05) is 0 Å². The second-order valence-corrected chi connectivity index (χ2v) is 5.32. The summed E-state index contributed by atoms with van der Waals surface area (Å²) >= 11 is 0. The fourth-order valence-corrected chi connectivity index (χ4v) is 2.73. The number of nitrogens with zero attached hydrogens (tertiary/aromatic N) is 2. The van der Waals surface area contributed by atoms with Gasteiger partial charge in [-0.2, -0.15) is 0 Å². The van der Waals surface area contributed by atoms with Gasteiger partial charge in [0.2, 0.25) is 0 Å². The van der Waals surface area contributed by atoms with Crippen LogP contribution in [0.3, 0.4) is 0 Å². The van der Waals surface area contributed by atoms with Crippen LogP contribution in [-0.2, 0) is 0 Å². The van der Waals surface area contributed by atoms with Crippen molar-refractivity contribution in [3.8, 4) is 0 Å². The van der Waals surface area contributed by atoms with Crippen molar-refractivity contribution in [2.24, 2.45) is 0 Å². The van der Waals surface area contributed by atoms with Gasteiger partial charge in [0, 0.05) is 50.1 Å². The standard InChI is InChI=1S/C16H27N3/c1-4-18(5-2)15-6-8-16(9-7-15)19-12-10-14(3)17-11-13-19/h6-9,14,17H,4-5,10-13H2,1-3H3. The molecular formula is C16H27N3. The van der Waals surface area contributed by atoms with E-state index in [-0.39, 0.29) is 0 Å². The number of benzene rings is 1. The molecule has 1 saturated heterocycles. The minimum atomic E-state index is 0.639. The van der Waals surface area contributed by atoms with E-state index in [2.05, 4.69) is 60.2 Å². The van der Waals surface area contributed by atoms with E-state index in [1.165, 1.54) is 17.8 Å². The molecule has 19 heavy (non-hydrogen) atoms. The first-order valence-electron chi connectivity index (χ1n) is 7.58. The highest BCUT2D eigenvalue weighted by atomic mass is 15.2. The summed E-state index contributed by atoms with van der Waals surface area (Å²) in [7, 11) is 0. The van der Waals surface area contributed by atoms with Crippen LogP contribution in [0.25, 0.3) is 0 Å². The minimum absolute atomic E-state index is 0.639. The number of hydrogen-bond acceptors (Lipinski definition) is 3. The highest BCUT2D eigenvalue weighted by Gasteiger charge is 2.13. The van der Waals surface area contributed by atoms with E-state index < -0.39 is 0 Å². The van der Waals surface area contributed by atoms with Gasteiger partial charge in [0.25, 0.3) is 0 Å². The van der Waals surface area contributed by atoms with E-state index >= 15 is 0 Å². The molecule has 1 N–H and O–H groups in total. The van der Waals surface area contributed by atoms with E-state index in [0.29, 0.717) is 6.04 Å². The van der Waals surface area contributed by atoms with Gasteiger partial charge >= 0.3 is 0 Å². The third-order valence-electron chi connectivity index (χ3n) is 4.05. The van der Waals surface area contributed by atoms with Crippen molar-refractivity contribution < 1.29 is 0 Å². The molecule has 1 aromatic carbocycles. The zero-order valence-electron chi connectivity index (χ0n) is 12.5. The lowest BCUT2D eigenvalue weighted by molar-refractivity contribution is 0.566. The first kappa shape index (κ1) is 14.2. The van der Waals surface area contributed by atoms with Crippen molar-refractivity contribution in [3.63, 3.8) is 0 Å². The van der Waals surface area contributed by atoms with Gasteiger partial charge in [0.1, 0.15) is 0 Å². The summed E-state index contributed by atoms with van der Waals surface area (Å²) < 4.78 is 0. The van der Waals surface area contributed by atoms with Gasteiger partial charge in [-0.15, -0.1) is 0 Å². The molecule has 0 radical (unpaired) electrons. The summed E-state index contributed by atoms with van der Waals surface area (Å²) in [5, 5.41) is 3.54. The first-order chi connectivity index (χ1) is 9.24. The summed E-state index contributed by atoms with van der Waals surface area (Å²) in [6.45, 7) is 12.2. The SMILES string of the molecule is CCN(CC)c1ccc(N2CCNC(C)CC2)cc1. The predicted molar refractivity (Wildman–Crippen MR) is 84.3 cm³/mol. The average molecular weight is 261 g/mol. The van der Waals surface area contributed by atoms with Gasteiger partial charge < -0.3 is 15.1 Å². The zero-order chi connectivity index (χ0) is 13.7. The normalized spacial score (nSPS) is 20.2. The van der Waals surface area contributed by atoms with Crippen LogP contribution in [0.5, 0.6) is 0 Å². The Hall–Kier alpha value is -1.22. The molecule has 0 aliphatic carbocycles. The average Bonchev–Trinajstić information content (AvgIpc) is 2.66. The molecule has 1 heterocycles. The van der Waals surface area contributed by atoms with E-state index in [0.717, 1.165) is 32.7 Å². The Morgan fingerprint density at radius 1 is 1.16 bits per heavy atom. The molecule has 1 aliphatic heterocycles. The van der Waals surface area contributed by atoms with Gasteiger partial charge in [-0.3, -0.25) is 0 Å². The van der Waals surface area contributed by atoms with Crippen LogP contribution in [0, 0.1) is 0 Å². The molecule has 0 amide bonds. The van der Waals surface area contributed by atoms with E-state index in [1.807, 2.05) is 0 Å². The molecule has 1 atom stereocenters. The van der Waals surface area contributed by atoms with Crippen LogP contribution in [0.1, 0.15) is 27.2 Å². The second-order valence-electron chi connectivity index (χ2n) is 5.32. The minimum Gasteiger partial charge on any atom is -0.372 e. The lowest BCUT2D eigenvalue weighted by Gasteiger charge is -2.25. The third kappa shape index (κ3) is 3.63. The summed E-state index contributed by atoms with van der Waals surface area (Å²) in [6.07, 6.45) is 1.22. The van der Waals surface area contributed by atoms with Crippen LogP contribution in [0.15, 0.2) is 24.3 Å². The van der Waals surface area contributed by atoms with E-state index in [4.69, 9.17) is 0 Å². The highest BCUT2D eigenvalue weighted by Crippen LogP contribution is 2.21. The zero-order valence-corrected chi connectivity index (χ0v) is 12.5. The predicted octanol–water partition coefficient (Wildman–Crippen LogP) is 2.72. The lowest BCUT2D eigenvalue weighted by Crippen LogP contribution is -2.29. The number of nitrogens with one attached hydrogen (secondary N) is 1. The quantitative estimate of drug-likeness (QED) is 0.899. The maximum absolute atomic E-state index is 3.54. The topological polar surface area (TPSA) is 18.5 Å². The molecule has 1 fully saturated rings. The van der Waals surface area contributed by atoms with E-state index in [9.17, 15) is 0 Å². The Morgan fingerprint density at radius 3 is 2.47 bits per heavy atom. The van der Waals surface area contributed by atoms with Gasteiger partial charge in [0.15, 0.2) is 0 Å². The Kier molecular flexibility index (Phi) is 5.08. The maximum Gasteiger partial charge on any atom is 0.0368 e. The number of anilines is 2. The molecule has 2 rings (SSSR count). The Labute approximate surface area is 117 Å². The van der Waals surface area contributed by atoms with Crippen LogP contribution >= 0.6 is 0 Å². The van der Waals surface area contributed by atoms with Crippen molar-refractivity contribution in [1.29, 1.82) is 0 Å². The smallest absolute Gasteiger partial charge is 0.0368 e. The molecule has 3 nitrogen and oxygen atoms in total.